The van der Waals surface area contributed by atoms with Crippen LogP contribution in [-0.2, 0) is 25.8 Å². The van der Waals surface area contributed by atoms with Gasteiger partial charge >= 0.3 is 0 Å². The Labute approximate surface area is 202 Å². The normalized spacial score (nSPS) is 18.2. The maximum absolute atomic E-state index is 6.85. The fourth-order valence-electron chi connectivity index (χ4n) is 4.84. The van der Waals surface area contributed by atoms with Crippen LogP contribution in [0.15, 0.2) is 72.8 Å². The van der Waals surface area contributed by atoms with Gasteiger partial charge in [0.2, 0.25) is 0 Å². The molecule has 0 fully saturated rings. The number of hydrogen-bond donors (Lipinski definition) is 0. The van der Waals surface area contributed by atoms with Crippen molar-refractivity contribution in [1.82, 2.24) is 0 Å². The molecule has 2 aliphatic rings. The Balaban J connectivity index is 0.000000750. The molecule has 4 aromatic carbocycles. The van der Waals surface area contributed by atoms with E-state index in [9.17, 15) is 0 Å². The summed E-state index contributed by atoms with van der Waals surface area (Å²) in [4.78, 5) is 0. The maximum atomic E-state index is 6.85. The van der Waals surface area contributed by atoms with E-state index < -0.39 is 7.38 Å². The number of hydrogen-bond acceptors (Lipinski definition) is 0. The van der Waals surface area contributed by atoms with Crippen LogP contribution in [-0.4, -0.2) is 7.38 Å². The maximum Gasteiger partial charge on any atom is 0.143 e. The van der Waals surface area contributed by atoms with Gasteiger partial charge in [0, 0.05) is 31.8 Å². The van der Waals surface area contributed by atoms with Crippen LogP contribution in [0.3, 0.4) is 0 Å². The zero-order valence-corrected chi connectivity index (χ0v) is 22.0. The van der Waals surface area contributed by atoms with Crippen molar-refractivity contribution in [1.29, 1.82) is 0 Å². The van der Waals surface area contributed by atoms with Gasteiger partial charge in [0.25, 0.3) is 0 Å². The van der Waals surface area contributed by atoms with Gasteiger partial charge in [-0.25, -0.2) is 0 Å². The van der Waals surface area contributed by atoms with E-state index in [1.54, 1.807) is 0 Å². The van der Waals surface area contributed by atoms with Crippen LogP contribution in [0.25, 0.3) is 21.9 Å². The van der Waals surface area contributed by atoms with Crippen LogP contribution in [0, 0.1) is 0 Å². The summed E-state index contributed by atoms with van der Waals surface area (Å²) in [7, 11) is -1.77. The van der Waals surface area contributed by atoms with Gasteiger partial charge in [-0.15, -0.1) is 39.3 Å². The summed E-state index contributed by atoms with van der Waals surface area (Å²) in [5.74, 6) is 0.310. The molecule has 0 saturated carbocycles. The predicted octanol–water partition coefficient (Wildman–Crippen LogP) is -1.03. The predicted molar refractivity (Wildman–Crippen MR) is 109 cm³/mol. The van der Waals surface area contributed by atoms with E-state index in [0.717, 1.165) is 0 Å². The van der Waals surface area contributed by atoms with E-state index >= 15 is 0 Å². The molecule has 0 saturated heterocycles. The van der Waals surface area contributed by atoms with Crippen molar-refractivity contribution in [3.05, 3.63) is 89.5 Å². The van der Waals surface area contributed by atoms with Gasteiger partial charge in [0.1, 0.15) is 7.38 Å². The first-order valence-electron chi connectivity index (χ1n) is 8.78. The van der Waals surface area contributed by atoms with Gasteiger partial charge in [-0.1, -0.05) is 66.7 Å². The molecule has 1 heterocycles. The van der Waals surface area contributed by atoms with Gasteiger partial charge in [-0.05, 0) is 22.3 Å². The third-order valence-electron chi connectivity index (χ3n) is 6.01. The van der Waals surface area contributed by atoms with Crippen molar-refractivity contribution in [3.8, 4) is 11.1 Å². The number of rotatable bonds is 1. The molecule has 0 spiro atoms. The molecule has 0 N–H and O–H groups in total. The van der Waals surface area contributed by atoms with E-state index in [0.29, 0.717) is 5.92 Å². The van der Waals surface area contributed by atoms with Crippen LogP contribution in [0.5, 0.6) is 0 Å². The third-order valence-corrected chi connectivity index (χ3v) is 9.80. The SMILES string of the molecule is C[Si]1(Cl)c2[cH-]c3cccc(C4c5ccccc5-c5ccccc54)c3c21.[Cl-].[Cl-].[Hf]. The summed E-state index contributed by atoms with van der Waals surface area (Å²) in [6.45, 7) is 2.26. The molecule has 4 aromatic rings. The van der Waals surface area contributed by atoms with E-state index in [1.807, 2.05) is 0 Å². The van der Waals surface area contributed by atoms with Crippen molar-refractivity contribution in [2.24, 2.45) is 0 Å². The van der Waals surface area contributed by atoms with Gasteiger partial charge in [-0.3, -0.25) is 0 Å². The number of halogens is 3. The Bertz CT molecular complexity index is 1150. The van der Waals surface area contributed by atoms with Crippen molar-refractivity contribution in [2.45, 2.75) is 12.5 Å². The minimum atomic E-state index is -1.77. The van der Waals surface area contributed by atoms with Gasteiger partial charge in [0.05, 0.1) is 0 Å². The van der Waals surface area contributed by atoms with Crippen molar-refractivity contribution in [3.63, 3.8) is 0 Å². The molecule has 28 heavy (non-hydrogen) atoms. The van der Waals surface area contributed by atoms with Gasteiger partial charge < -0.3 is 24.8 Å². The minimum Gasteiger partial charge on any atom is -1.00 e. The first kappa shape index (κ1) is 21.9. The standard InChI is InChI=1S/C23H16ClSi.2ClH.Hf/c1-25(24)20-13-14-7-6-12-19(21(14)23(20)25)22-17-10-4-2-8-15(17)16-9-3-5-11-18(16)22;;;/h2-13,22H,1H3;2*1H;/q-1;;;/p-2. The summed E-state index contributed by atoms with van der Waals surface area (Å²) in [6, 6.07) is 26.8. The van der Waals surface area contributed by atoms with Gasteiger partial charge in [-0.2, -0.15) is 11.1 Å². The third kappa shape index (κ3) is 2.76. The quantitative estimate of drug-likeness (QED) is 0.130. The summed E-state index contributed by atoms with van der Waals surface area (Å²) < 4.78 is 0. The Kier molecular flexibility index (Phi) is 5.86. The van der Waals surface area contributed by atoms with Crippen LogP contribution < -0.4 is 35.2 Å². The molecule has 0 nitrogen and oxygen atoms in total. The second kappa shape index (κ2) is 7.48. The summed E-state index contributed by atoms with van der Waals surface area (Å²) in [6.07, 6.45) is 0. The van der Waals surface area contributed by atoms with Crippen LogP contribution >= 0.6 is 11.1 Å². The summed E-state index contributed by atoms with van der Waals surface area (Å²) in [5.41, 5.74) is 7.01. The zero-order chi connectivity index (χ0) is 16.8. The first-order chi connectivity index (χ1) is 12.2. The minimum absolute atomic E-state index is 0. The summed E-state index contributed by atoms with van der Waals surface area (Å²) >= 11 is 6.85. The molecular formula is C23H16Cl3HfSi-3. The van der Waals surface area contributed by atoms with Crippen molar-refractivity contribution in [2.75, 3.05) is 0 Å². The van der Waals surface area contributed by atoms with Crippen LogP contribution in [0.1, 0.15) is 22.6 Å². The molecule has 0 radical (unpaired) electrons. The van der Waals surface area contributed by atoms with Crippen molar-refractivity contribution >= 4 is 39.6 Å². The molecule has 0 aromatic heterocycles. The molecule has 1 unspecified atom stereocenters. The molecule has 1 aliphatic heterocycles. The average Bonchev–Trinajstić information content (AvgIpc) is 2.97. The molecule has 0 amide bonds. The zero-order valence-electron chi connectivity index (χ0n) is 15.1. The fraction of sp³-hybridized carbons (Fsp3) is 0.0870. The largest absolute Gasteiger partial charge is 1.00 e. The van der Waals surface area contributed by atoms with Crippen LogP contribution in [0.4, 0.5) is 0 Å². The van der Waals surface area contributed by atoms with E-state index in [4.69, 9.17) is 11.1 Å². The number of fused-ring (bicyclic) bond motifs is 6. The molecular weight excluding hydrogens is 589 g/mol. The Hall–Kier alpha value is -0.773. The molecule has 5 heteroatoms. The monoisotopic (exact) mass is 605 g/mol. The molecule has 1 aliphatic carbocycles. The van der Waals surface area contributed by atoms with E-state index in [2.05, 4.69) is 79.3 Å². The molecule has 0 bridgehead atoms. The second-order valence-corrected chi connectivity index (χ2v) is 12.7. The first-order valence-corrected chi connectivity index (χ1v) is 12.3. The average molecular weight is 605 g/mol. The Morgan fingerprint density at radius 3 is 1.93 bits per heavy atom. The van der Waals surface area contributed by atoms with E-state index in [1.165, 1.54) is 49.0 Å². The van der Waals surface area contributed by atoms with E-state index in [-0.39, 0.29) is 50.7 Å². The Morgan fingerprint density at radius 2 is 1.32 bits per heavy atom. The topological polar surface area (TPSA) is 0 Å². The molecule has 1 atom stereocenters. The fourth-order valence-corrected chi connectivity index (χ4v) is 8.66. The van der Waals surface area contributed by atoms with Crippen LogP contribution in [0.2, 0.25) is 6.55 Å². The molecule has 6 rings (SSSR count). The van der Waals surface area contributed by atoms with Gasteiger partial charge in [0.15, 0.2) is 0 Å². The smallest absolute Gasteiger partial charge is 0.143 e. The summed E-state index contributed by atoms with van der Waals surface area (Å²) in [5, 5.41) is 5.70. The number of benzene rings is 3. The van der Waals surface area contributed by atoms with Crippen molar-refractivity contribution < 1.29 is 50.7 Å². The molecule has 140 valence electrons. The Morgan fingerprint density at radius 1 is 0.786 bits per heavy atom. The second-order valence-electron chi connectivity index (χ2n) is 7.35.